The molecule has 0 rings (SSSR count). The highest BCUT2D eigenvalue weighted by molar-refractivity contribution is 7.98. The van der Waals surface area contributed by atoms with E-state index < -0.39 is 0 Å². The second-order valence-corrected chi connectivity index (χ2v) is 3.60. The van der Waals surface area contributed by atoms with Crippen LogP contribution in [0.15, 0.2) is 0 Å². The average molecular weight is 193 g/mol. The molecule has 0 radical (unpaired) electrons. The number of thioether (sulfide) groups is 1. The van der Waals surface area contributed by atoms with E-state index in [1.54, 1.807) is 11.8 Å². The van der Waals surface area contributed by atoms with Gasteiger partial charge in [-0.3, -0.25) is 4.79 Å². The fourth-order valence-corrected chi connectivity index (χ4v) is 1.27. The molecule has 0 aromatic carbocycles. The Morgan fingerprint density at radius 3 is 2.91 bits per heavy atom. The van der Waals surface area contributed by atoms with Crippen LogP contribution in [0.1, 0.15) is 12.8 Å². The molecule has 0 saturated heterocycles. The average Bonchev–Trinajstić information content (AvgIpc) is 1.99. The molecule has 0 unspecified atom stereocenters. The molecule has 0 fully saturated rings. The van der Waals surface area contributed by atoms with E-state index in [9.17, 15) is 4.79 Å². The van der Waals surface area contributed by atoms with Crippen LogP contribution in [-0.4, -0.2) is 30.2 Å². The van der Waals surface area contributed by atoms with Gasteiger partial charge in [-0.05, 0) is 24.2 Å². The van der Waals surface area contributed by atoms with Crippen molar-refractivity contribution in [3.63, 3.8) is 0 Å². The lowest BCUT2D eigenvalue weighted by Crippen LogP contribution is -2.24. The maximum Gasteiger partial charge on any atom is 0.220 e. The van der Waals surface area contributed by atoms with Crippen molar-refractivity contribution in [3.05, 3.63) is 0 Å². The van der Waals surface area contributed by atoms with Gasteiger partial charge in [0.2, 0.25) is 5.91 Å². The first-order valence-corrected chi connectivity index (χ1v) is 5.70. The van der Waals surface area contributed by atoms with Crippen LogP contribution in [0.2, 0.25) is 0 Å². The molecular formula is C7H15NOS2. The monoisotopic (exact) mass is 193 g/mol. The SMILES string of the molecule is CSCCCNC(=O)CCS. The molecule has 1 amide bonds. The Hall–Kier alpha value is 0.170. The molecule has 0 aliphatic rings. The summed E-state index contributed by atoms with van der Waals surface area (Å²) >= 11 is 5.76. The highest BCUT2D eigenvalue weighted by atomic mass is 32.2. The van der Waals surface area contributed by atoms with Gasteiger partial charge >= 0.3 is 0 Å². The molecule has 0 aliphatic heterocycles. The number of carbonyl (C=O) groups is 1. The third kappa shape index (κ3) is 8.07. The maximum atomic E-state index is 10.8. The van der Waals surface area contributed by atoms with Gasteiger partial charge in [0.15, 0.2) is 0 Å². The zero-order valence-corrected chi connectivity index (χ0v) is 8.51. The summed E-state index contributed by atoms with van der Waals surface area (Å²) in [5.41, 5.74) is 0. The summed E-state index contributed by atoms with van der Waals surface area (Å²) in [4.78, 5) is 10.8. The molecule has 0 saturated carbocycles. The molecular weight excluding hydrogens is 178 g/mol. The first-order chi connectivity index (χ1) is 5.31. The quantitative estimate of drug-likeness (QED) is 0.490. The summed E-state index contributed by atoms with van der Waals surface area (Å²) in [6, 6.07) is 0. The van der Waals surface area contributed by atoms with Gasteiger partial charge in [-0.1, -0.05) is 0 Å². The van der Waals surface area contributed by atoms with Crippen molar-refractivity contribution in [2.75, 3.05) is 24.3 Å². The van der Waals surface area contributed by atoms with E-state index >= 15 is 0 Å². The number of hydrogen-bond donors (Lipinski definition) is 2. The van der Waals surface area contributed by atoms with E-state index in [1.165, 1.54) is 0 Å². The smallest absolute Gasteiger partial charge is 0.220 e. The van der Waals surface area contributed by atoms with Crippen LogP contribution in [0.5, 0.6) is 0 Å². The zero-order chi connectivity index (χ0) is 8.53. The highest BCUT2D eigenvalue weighted by Crippen LogP contribution is 1.93. The zero-order valence-electron chi connectivity index (χ0n) is 6.80. The summed E-state index contributed by atoms with van der Waals surface area (Å²) in [5, 5.41) is 2.82. The summed E-state index contributed by atoms with van der Waals surface area (Å²) in [6.07, 6.45) is 3.65. The summed E-state index contributed by atoms with van der Waals surface area (Å²) in [5.74, 6) is 1.86. The minimum absolute atomic E-state index is 0.112. The van der Waals surface area contributed by atoms with Gasteiger partial charge in [0.25, 0.3) is 0 Å². The van der Waals surface area contributed by atoms with Crippen molar-refractivity contribution in [3.8, 4) is 0 Å². The minimum Gasteiger partial charge on any atom is -0.356 e. The lowest BCUT2D eigenvalue weighted by molar-refractivity contribution is -0.120. The number of rotatable bonds is 6. The van der Waals surface area contributed by atoms with Crippen molar-refractivity contribution in [1.29, 1.82) is 0 Å². The molecule has 1 N–H and O–H groups in total. The topological polar surface area (TPSA) is 29.1 Å². The third-order valence-corrected chi connectivity index (χ3v) is 2.11. The molecule has 0 aliphatic carbocycles. The Morgan fingerprint density at radius 2 is 2.36 bits per heavy atom. The lowest BCUT2D eigenvalue weighted by Gasteiger charge is -2.01. The third-order valence-electron chi connectivity index (χ3n) is 1.19. The van der Waals surface area contributed by atoms with Gasteiger partial charge in [-0.15, -0.1) is 0 Å². The first kappa shape index (κ1) is 11.2. The van der Waals surface area contributed by atoms with E-state index in [-0.39, 0.29) is 5.91 Å². The summed E-state index contributed by atoms with van der Waals surface area (Å²) < 4.78 is 0. The molecule has 11 heavy (non-hydrogen) atoms. The van der Waals surface area contributed by atoms with E-state index in [1.807, 2.05) is 0 Å². The number of hydrogen-bond acceptors (Lipinski definition) is 3. The highest BCUT2D eigenvalue weighted by Gasteiger charge is 1.96. The van der Waals surface area contributed by atoms with Crippen molar-refractivity contribution in [2.24, 2.45) is 0 Å². The number of nitrogens with one attached hydrogen (secondary N) is 1. The van der Waals surface area contributed by atoms with E-state index in [0.717, 1.165) is 18.7 Å². The molecule has 2 nitrogen and oxygen atoms in total. The van der Waals surface area contributed by atoms with Gasteiger partial charge in [0, 0.05) is 13.0 Å². The van der Waals surface area contributed by atoms with Crippen LogP contribution in [0.25, 0.3) is 0 Å². The molecule has 0 heterocycles. The van der Waals surface area contributed by atoms with Crippen LogP contribution in [-0.2, 0) is 4.79 Å². The Bertz CT molecular complexity index is 109. The molecule has 0 aromatic rings. The Kier molecular flexibility index (Phi) is 8.40. The normalized spacial score (nSPS) is 9.64. The van der Waals surface area contributed by atoms with Gasteiger partial charge in [-0.2, -0.15) is 24.4 Å². The van der Waals surface area contributed by atoms with Crippen LogP contribution in [0.3, 0.4) is 0 Å². The van der Waals surface area contributed by atoms with E-state index in [0.29, 0.717) is 12.2 Å². The molecule has 0 spiro atoms. The van der Waals surface area contributed by atoms with Gasteiger partial charge in [-0.25, -0.2) is 0 Å². The van der Waals surface area contributed by atoms with Crippen LogP contribution >= 0.6 is 24.4 Å². The number of carbonyl (C=O) groups excluding carboxylic acids is 1. The van der Waals surface area contributed by atoms with E-state index in [2.05, 4.69) is 24.2 Å². The van der Waals surface area contributed by atoms with Crippen molar-refractivity contribution in [1.82, 2.24) is 5.32 Å². The largest absolute Gasteiger partial charge is 0.356 e. The van der Waals surface area contributed by atoms with Crippen molar-refractivity contribution < 1.29 is 4.79 Å². The van der Waals surface area contributed by atoms with Crippen molar-refractivity contribution in [2.45, 2.75) is 12.8 Å². The maximum absolute atomic E-state index is 10.8. The number of thiol groups is 1. The van der Waals surface area contributed by atoms with Crippen LogP contribution in [0.4, 0.5) is 0 Å². The van der Waals surface area contributed by atoms with Crippen LogP contribution < -0.4 is 5.32 Å². The number of amides is 1. The minimum atomic E-state index is 0.112. The Morgan fingerprint density at radius 1 is 1.64 bits per heavy atom. The summed E-state index contributed by atoms with van der Waals surface area (Å²) in [7, 11) is 0. The predicted octanol–water partition coefficient (Wildman–Crippen LogP) is 1.18. The molecule has 0 aromatic heterocycles. The summed E-state index contributed by atoms with van der Waals surface area (Å²) in [6.45, 7) is 0.799. The van der Waals surface area contributed by atoms with Crippen molar-refractivity contribution >= 4 is 30.3 Å². The lowest BCUT2D eigenvalue weighted by atomic mass is 10.4. The fourth-order valence-electron chi connectivity index (χ4n) is 0.634. The van der Waals surface area contributed by atoms with Gasteiger partial charge in [0.05, 0.1) is 0 Å². The standard InChI is InChI=1S/C7H15NOS2/c1-11-6-2-4-8-7(9)3-5-10/h10H,2-6H2,1H3,(H,8,9). The molecule has 0 bridgehead atoms. The molecule has 0 atom stereocenters. The first-order valence-electron chi connectivity index (χ1n) is 3.67. The Balaban J connectivity index is 3.04. The van der Waals surface area contributed by atoms with E-state index in [4.69, 9.17) is 0 Å². The van der Waals surface area contributed by atoms with Gasteiger partial charge in [0.1, 0.15) is 0 Å². The van der Waals surface area contributed by atoms with Crippen LogP contribution in [0, 0.1) is 0 Å². The second kappa shape index (κ2) is 8.27. The Labute approximate surface area is 77.9 Å². The fraction of sp³-hybridized carbons (Fsp3) is 0.857. The van der Waals surface area contributed by atoms with Gasteiger partial charge < -0.3 is 5.32 Å². The predicted molar refractivity (Wildman–Crippen MR) is 54.5 cm³/mol. The molecule has 4 heteroatoms. The molecule has 66 valence electrons. The second-order valence-electron chi connectivity index (χ2n) is 2.17.